The molecule has 2 rings (SSSR count). The Labute approximate surface area is 122 Å². The van der Waals surface area contributed by atoms with E-state index in [1.165, 1.54) is 12.5 Å². The highest BCUT2D eigenvalue weighted by molar-refractivity contribution is 5.94. The summed E-state index contributed by atoms with van der Waals surface area (Å²) in [5, 5.41) is 2.75. The van der Waals surface area contributed by atoms with Gasteiger partial charge in [-0.15, -0.1) is 0 Å². The average molecular weight is 290 g/mol. The molecule has 2 amide bonds. The van der Waals surface area contributed by atoms with Crippen molar-refractivity contribution in [2.45, 2.75) is 19.9 Å². The van der Waals surface area contributed by atoms with Crippen molar-refractivity contribution in [1.29, 1.82) is 0 Å². The maximum Gasteiger partial charge on any atom is 0.257 e. The lowest BCUT2D eigenvalue weighted by molar-refractivity contribution is -0.121. The fraction of sp³-hybridized carbons (Fsp3) is 0.333. The van der Waals surface area contributed by atoms with E-state index < -0.39 is 0 Å². The quantitative estimate of drug-likeness (QED) is 0.846. The van der Waals surface area contributed by atoms with Gasteiger partial charge in [-0.25, -0.2) is 0 Å². The Morgan fingerprint density at radius 2 is 2.14 bits per heavy atom. The molecule has 6 heteroatoms. The van der Waals surface area contributed by atoms with Gasteiger partial charge in [0.1, 0.15) is 12.0 Å². The van der Waals surface area contributed by atoms with Crippen LogP contribution in [0.1, 0.15) is 29.5 Å². The Morgan fingerprint density at radius 1 is 1.29 bits per heavy atom. The molecule has 0 radical (unpaired) electrons. The van der Waals surface area contributed by atoms with Crippen molar-refractivity contribution in [3.05, 3.63) is 48.3 Å². The van der Waals surface area contributed by atoms with Crippen molar-refractivity contribution in [3.8, 4) is 0 Å². The van der Waals surface area contributed by atoms with Crippen molar-refractivity contribution >= 4 is 11.8 Å². The molecule has 112 valence electrons. The van der Waals surface area contributed by atoms with E-state index in [9.17, 15) is 9.59 Å². The molecule has 2 aromatic rings. The highest BCUT2D eigenvalue weighted by Crippen LogP contribution is 2.06. The number of furan rings is 2. The minimum Gasteiger partial charge on any atom is -0.472 e. The van der Waals surface area contributed by atoms with Gasteiger partial charge in [0.15, 0.2) is 0 Å². The number of carbonyl (C=O) groups is 2. The van der Waals surface area contributed by atoms with Gasteiger partial charge in [0, 0.05) is 19.5 Å². The molecule has 0 aromatic carbocycles. The van der Waals surface area contributed by atoms with E-state index >= 15 is 0 Å². The van der Waals surface area contributed by atoms with Crippen molar-refractivity contribution in [3.63, 3.8) is 0 Å². The van der Waals surface area contributed by atoms with Crippen LogP contribution in [0.4, 0.5) is 0 Å². The maximum absolute atomic E-state index is 12.1. The minimum absolute atomic E-state index is 0.121. The Hall–Kier alpha value is -2.50. The third-order valence-corrected chi connectivity index (χ3v) is 3.09. The molecule has 0 saturated heterocycles. The van der Waals surface area contributed by atoms with E-state index in [1.807, 2.05) is 6.92 Å². The number of nitrogens with zero attached hydrogens (tertiary/aromatic N) is 1. The molecule has 0 saturated carbocycles. The number of hydrogen-bond donors (Lipinski definition) is 1. The summed E-state index contributed by atoms with van der Waals surface area (Å²) < 4.78 is 10.0. The Kier molecular flexibility index (Phi) is 5.20. The summed E-state index contributed by atoms with van der Waals surface area (Å²) in [5.74, 6) is 0.445. The predicted molar refractivity (Wildman–Crippen MR) is 75.5 cm³/mol. The van der Waals surface area contributed by atoms with Gasteiger partial charge in [-0.2, -0.15) is 0 Å². The highest BCUT2D eigenvalue weighted by atomic mass is 16.3. The molecular formula is C15H18N2O4. The molecule has 0 aliphatic heterocycles. The summed E-state index contributed by atoms with van der Waals surface area (Å²) in [6.07, 6.45) is 4.67. The first-order chi connectivity index (χ1) is 10.2. The van der Waals surface area contributed by atoms with Crippen LogP contribution < -0.4 is 5.32 Å². The smallest absolute Gasteiger partial charge is 0.257 e. The van der Waals surface area contributed by atoms with Gasteiger partial charge in [-0.1, -0.05) is 0 Å². The Morgan fingerprint density at radius 3 is 2.76 bits per heavy atom. The van der Waals surface area contributed by atoms with E-state index in [2.05, 4.69) is 5.32 Å². The highest BCUT2D eigenvalue weighted by Gasteiger charge is 2.16. The Balaban J connectivity index is 1.77. The van der Waals surface area contributed by atoms with E-state index in [0.29, 0.717) is 31.0 Å². The molecule has 0 unspecified atom stereocenters. The molecule has 21 heavy (non-hydrogen) atoms. The number of nitrogens with one attached hydrogen (secondary N) is 1. The van der Waals surface area contributed by atoms with Crippen LogP contribution >= 0.6 is 0 Å². The summed E-state index contributed by atoms with van der Waals surface area (Å²) in [6.45, 7) is 3.13. The maximum atomic E-state index is 12.1. The lowest BCUT2D eigenvalue weighted by Crippen LogP contribution is -2.34. The number of rotatable bonds is 7. The summed E-state index contributed by atoms with van der Waals surface area (Å²) >= 11 is 0. The SMILES string of the molecule is CCN(CCC(=O)NCc1ccco1)C(=O)c1ccoc1. The lowest BCUT2D eigenvalue weighted by atomic mass is 10.2. The fourth-order valence-electron chi connectivity index (χ4n) is 1.90. The number of carbonyl (C=O) groups excluding carboxylic acids is 2. The van der Waals surface area contributed by atoms with Crippen LogP contribution in [-0.2, 0) is 11.3 Å². The predicted octanol–water partition coefficient (Wildman–Crippen LogP) is 2.04. The van der Waals surface area contributed by atoms with Gasteiger partial charge in [-0.3, -0.25) is 9.59 Å². The van der Waals surface area contributed by atoms with E-state index in [0.717, 1.165) is 0 Å². The van der Waals surface area contributed by atoms with Gasteiger partial charge in [-0.05, 0) is 25.1 Å². The molecule has 0 fully saturated rings. The van der Waals surface area contributed by atoms with Gasteiger partial charge < -0.3 is 19.1 Å². The first-order valence-corrected chi connectivity index (χ1v) is 6.81. The van der Waals surface area contributed by atoms with E-state index in [1.54, 1.807) is 29.4 Å². The summed E-state index contributed by atoms with van der Waals surface area (Å²) in [6, 6.07) is 5.17. The fourth-order valence-corrected chi connectivity index (χ4v) is 1.90. The molecule has 0 aliphatic rings. The van der Waals surface area contributed by atoms with Crippen LogP contribution in [-0.4, -0.2) is 29.8 Å². The van der Waals surface area contributed by atoms with Crippen molar-refractivity contribution < 1.29 is 18.4 Å². The second kappa shape index (κ2) is 7.33. The van der Waals surface area contributed by atoms with Gasteiger partial charge in [0.05, 0.1) is 24.6 Å². The number of amides is 2. The second-order valence-electron chi connectivity index (χ2n) is 4.50. The van der Waals surface area contributed by atoms with Crippen LogP contribution in [0.15, 0.2) is 45.8 Å². The largest absolute Gasteiger partial charge is 0.472 e. The summed E-state index contributed by atoms with van der Waals surface area (Å²) in [5.41, 5.74) is 0.493. The first-order valence-electron chi connectivity index (χ1n) is 6.81. The van der Waals surface area contributed by atoms with Crippen LogP contribution in [0.2, 0.25) is 0 Å². The first kappa shape index (κ1) is 14.9. The molecule has 6 nitrogen and oxygen atoms in total. The van der Waals surface area contributed by atoms with Crippen LogP contribution in [0, 0.1) is 0 Å². The molecule has 1 N–H and O–H groups in total. The zero-order chi connectivity index (χ0) is 15.1. The molecular weight excluding hydrogens is 272 g/mol. The molecule has 0 spiro atoms. The molecule has 2 aromatic heterocycles. The molecule has 2 heterocycles. The number of hydrogen-bond acceptors (Lipinski definition) is 4. The Bertz CT molecular complexity index is 561. The lowest BCUT2D eigenvalue weighted by Gasteiger charge is -2.19. The van der Waals surface area contributed by atoms with E-state index in [-0.39, 0.29) is 18.2 Å². The van der Waals surface area contributed by atoms with E-state index in [4.69, 9.17) is 8.83 Å². The van der Waals surface area contributed by atoms with Crippen LogP contribution in [0.3, 0.4) is 0 Å². The summed E-state index contributed by atoms with van der Waals surface area (Å²) in [7, 11) is 0. The molecule has 0 aliphatic carbocycles. The van der Waals surface area contributed by atoms with Crippen molar-refractivity contribution in [2.24, 2.45) is 0 Å². The van der Waals surface area contributed by atoms with Crippen molar-refractivity contribution in [2.75, 3.05) is 13.1 Å². The van der Waals surface area contributed by atoms with Crippen LogP contribution in [0.25, 0.3) is 0 Å². The zero-order valence-corrected chi connectivity index (χ0v) is 11.9. The monoisotopic (exact) mass is 290 g/mol. The molecule has 0 bridgehead atoms. The topological polar surface area (TPSA) is 75.7 Å². The minimum atomic E-state index is -0.134. The third kappa shape index (κ3) is 4.24. The standard InChI is InChI=1S/C15H18N2O4/c1-2-17(15(19)12-6-9-20-11-12)7-5-14(18)16-10-13-4-3-8-21-13/h3-4,6,8-9,11H,2,5,7,10H2,1H3,(H,16,18). The van der Waals surface area contributed by atoms with Crippen LogP contribution in [0.5, 0.6) is 0 Å². The van der Waals surface area contributed by atoms with Gasteiger partial charge in [0.2, 0.25) is 5.91 Å². The van der Waals surface area contributed by atoms with Crippen molar-refractivity contribution in [1.82, 2.24) is 10.2 Å². The third-order valence-electron chi connectivity index (χ3n) is 3.09. The zero-order valence-electron chi connectivity index (χ0n) is 11.9. The summed E-state index contributed by atoms with van der Waals surface area (Å²) in [4.78, 5) is 25.5. The molecule has 0 atom stereocenters. The average Bonchev–Trinajstić information content (AvgIpc) is 3.18. The normalized spacial score (nSPS) is 10.3. The van der Waals surface area contributed by atoms with Gasteiger partial charge >= 0.3 is 0 Å². The van der Waals surface area contributed by atoms with Gasteiger partial charge in [0.25, 0.3) is 5.91 Å². The second-order valence-corrected chi connectivity index (χ2v) is 4.50.